The fourth-order valence-electron chi connectivity index (χ4n) is 1.14. The van der Waals surface area contributed by atoms with Gasteiger partial charge in [-0.3, -0.25) is 4.79 Å². The molecule has 0 atom stereocenters. The summed E-state index contributed by atoms with van der Waals surface area (Å²) < 4.78 is 1.71. The number of nitrogens with zero attached hydrogens (tertiary/aromatic N) is 2. The molecule has 0 aliphatic carbocycles. The Bertz CT molecular complexity index is 544. The van der Waals surface area contributed by atoms with E-state index in [1.807, 2.05) is 18.4 Å². The Hall–Kier alpha value is -0.560. The lowest BCUT2D eigenvalue weighted by Crippen LogP contribution is -1.86. The van der Waals surface area contributed by atoms with E-state index in [0.29, 0.717) is 10.6 Å². The fraction of sp³-hybridized carbons (Fsp3) is 0.100. The number of aldehydes is 1. The number of aromatic nitrogens is 2. The van der Waals surface area contributed by atoms with Gasteiger partial charge in [0.2, 0.25) is 0 Å². The van der Waals surface area contributed by atoms with Gasteiger partial charge in [-0.25, -0.2) is 0 Å². The maximum absolute atomic E-state index is 11.0. The number of thioether (sulfide) groups is 1. The Labute approximate surface area is 116 Å². The van der Waals surface area contributed by atoms with Crippen molar-refractivity contribution in [2.45, 2.75) is 13.6 Å². The predicted molar refractivity (Wildman–Crippen MR) is 72.7 cm³/mol. The second-order valence-electron chi connectivity index (χ2n) is 2.91. The van der Waals surface area contributed by atoms with Gasteiger partial charge in [-0.2, -0.15) is 0 Å². The molecule has 0 aliphatic rings. The molecule has 0 spiro atoms. The summed E-state index contributed by atoms with van der Waals surface area (Å²) in [6, 6.07) is 5.36. The van der Waals surface area contributed by atoms with Crippen LogP contribution in [-0.4, -0.2) is 22.7 Å². The van der Waals surface area contributed by atoms with Gasteiger partial charge in [-0.05, 0) is 18.4 Å². The normalized spacial score (nSPS) is 10.5. The lowest BCUT2D eigenvalue weighted by Gasteiger charge is -2.02. The van der Waals surface area contributed by atoms with E-state index < -0.39 is 0 Å². The van der Waals surface area contributed by atoms with Crippen molar-refractivity contribution in [3.8, 4) is 0 Å². The molecule has 0 aliphatic heterocycles. The number of carbonyl (C=O) groups is 1. The van der Waals surface area contributed by atoms with Crippen LogP contribution in [0.15, 0.2) is 31.8 Å². The predicted octanol–water partition coefficient (Wildman–Crippen LogP) is 3.88. The lowest BCUT2D eigenvalue weighted by atomic mass is 10.2. The summed E-state index contributed by atoms with van der Waals surface area (Å²) in [5, 5.41) is 8.50. The van der Waals surface area contributed by atoms with Crippen molar-refractivity contribution < 1.29 is 4.79 Å². The molecule has 0 saturated carbocycles. The van der Waals surface area contributed by atoms with Gasteiger partial charge in [-0.1, -0.05) is 52.5 Å². The summed E-state index contributed by atoms with van der Waals surface area (Å²) in [5.74, 6) is 0. The van der Waals surface area contributed by atoms with Crippen LogP contribution in [0.5, 0.6) is 0 Å². The molecule has 1 aromatic carbocycles. The zero-order chi connectivity index (χ0) is 12.3. The van der Waals surface area contributed by atoms with Crippen LogP contribution >= 0.6 is 46.5 Å². The standard InChI is InChI=1S/C10H7ClN2OS3/c1-15-9-12-13-10(17-9)16-8-4-2-3-7(11)6(8)5-14/h2-5H,1H3. The first-order chi connectivity index (χ1) is 8.24. The van der Waals surface area contributed by atoms with Crippen molar-refractivity contribution in [3.05, 3.63) is 28.8 Å². The second-order valence-corrected chi connectivity index (χ2v) is 6.64. The molecule has 88 valence electrons. The van der Waals surface area contributed by atoms with E-state index in [-0.39, 0.29) is 0 Å². The third kappa shape index (κ3) is 3.01. The Kier molecular flexibility index (Phi) is 4.44. The van der Waals surface area contributed by atoms with Gasteiger partial charge in [0.15, 0.2) is 15.0 Å². The van der Waals surface area contributed by atoms with Crippen LogP contribution in [0.4, 0.5) is 0 Å². The highest BCUT2D eigenvalue weighted by atomic mass is 35.5. The Morgan fingerprint density at radius 3 is 2.76 bits per heavy atom. The Morgan fingerprint density at radius 2 is 2.12 bits per heavy atom. The Balaban J connectivity index is 2.29. The average Bonchev–Trinajstić information content (AvgIpc) is 2.77. The summed E-state index contributed by atoms with van der Waals surface area (Å²) in [4.78, 5) is 11.8. The van der Waals surface area contributed by atoms with Gasteiger partial charge < -0.3 is 0 Å². The molecular weight excluding hydrogens is 296 g/mol. The van der Waals surface area contributed by atoms with E-state index in [0.717, 1.165) is 19.9 Å². The number of hydrogen-bond acceptors (Lipinski definition) is 6. The number of halogens is 1. The molecule has 0 fully saturated rings. The molecule has 1 heterocycles. The maximum Gasteiger partial charge on any atom is 0.179 e. The summed E-state index contributed by atoms with van der Waals surface area (Å²) >= 11 is 10.4. The highest BCUT2D eigenvalue weighted by molar-refractivity contribution is 8.03. The van der Waals surface area contributed by atoms with Crippen LogP contribution in [0, 0.1) is 0 Å². The van der Waals surface area contributed by atoms with Gasteiger partial charge in [0.05, 0.1) is 5.02 Å². The SMILES string of the molecule is CSc1nnc(Sc2cccc(Cl)c2C=O)s1. The molecule has 3 nitrogen and oxygen atoms in total. The third-order valence-corrected chi connectivity index (χ3v) is 5.25. The molecule has 17 heavy (non-hydrogen) atoms. The highest BCUT2D eigenvalue weighted by Crippen LogP contribution is 2.35. The number of hydrogen-bond donors (Lipinski definition) is 0. The largest absolute Gasteiger partial charge is 0.298 e. The zero-order valence-electron chi connectivity index (χ0n) is 8.71. The lowest BCUT2D eigenvalue weighted by molar-refractivity contribution is 0.112. The monoisotopic (exact) mass is 302 g/mol. The first-order valence-corrected chi connectivity index (χ1v) is 7.77. The van der Waals surface area contributed by atoms with Gasteiger partial charge in [0.1, 0.15) is 0 Å². The van der Waals surface area contributed by atoms with Crippen molar-refractivity contribution >= 4 is 52.7 Å². The van der Waals surface area contributed by atoms with E-state index in [2.05, 4.69) is 10.2 Å². The quantitative estimate of drug-likeness (QED) is 0.633. The molecule has 1 aromatic heterocycles. The van der Waals surface area contributed by atoms with Crippen molar-refractivity contribution in [2.24, 2.45) is 0 Å². The smallest absolute Gasteiger partial charge is 0.179 e. The van der Waals surface area contributed by atoms with Crippen LogP contribution in [0.3, 0.4) is 0 Å². The van der Waals surface area contributed by atoms with Gasteiger partial charge in [0, 0.05) is 10.5 Å². The van der Waals surface area contributed by atoms with Gasteiger partial charge >= 0.3 is 0 Å². The van der Waals surface area contributed by atoms with E-state index in [9.17, 15) is 4.79 Å². The third-order valence-electron chi connectivity index (χ3n) is 1.89. The van der Waals surface area contributed by atoms with E-state index in [1.54, 1.807) is 17.8 Å². The fourth-order valence-corrected chi connectivity index (χ4v) is 3.93. The second kappa shape index (κ2) is 5.86. The maximum atomic E-state index is 11.0. The van der Waals surface area contributed by atoms with E-state index in [1.165, 1.54) is 23.1 Å². The molecule has 0 bridgehead atoms. The number of rotatable bonds is 4. The molecular formula is C10H7ClN2OS3. The molecule has 7 heteroatoms. The summed E-state index contributed by atoms with van der Waals surface area (Å²) in [5.41, 5.74) is 0.500. The first-order valence-electron chi connectivity index (χ1n) is 4.53. The highest BCUT2D eigenvalue weighted by Gasteiger charge is 2.10. The van der Waals surface area contributed by atoms with E-state index >= 15 is 0 Å². The first kappa shape index (κ1) is 12.9. The minimum atomic E-state index is 0.458. The van der Waals surface area contributed by atoms with Crippen LogP contribution in [0.25, 0.3) is 0 Å². The molecule has 0 radical (unpaired) electrons. The van der Waals surface area contributed by atoms with Gasteiger partial charge in [-0.15, -0.1) is 10.2 Å². The minimum absolute atomic E-state index is 0.458. The van der Waals surface area contributed by atoms with Crippen LogP contribution in [0.1, 0.15) is 10.4 Å². The van der Waals surface area contributed by atoms with Crippen molar-refractivity contribution in [1.29, 1.82) is 0 Å². The molecule has 0 saturated heterocycles. The molecule has 2 aromatic rings. The number of benzene rings is 1. The summed E-state index contributed by atoms with van der Waals surface area (Å²) in [6.45, 7) is 0. The average molecular weight is 303 g/mol. The van der Waals surface area contributed by atoms with E-state index in [4.69, 9.17) is 11.6 Å². The van der Waals surface area contributed by atoms with Crippen LogP contribution in [-0.2, 0) is 0 Å². The topological polar surface area (TPSA) is 42.9 Å². The summed E-state index contributed by atoms with van der Waals surface area (Å²) in [6.07, 6.45) is 2.71. The van der Waals surface area contributed by atoms with Crippen LogP contribution < -0.4 is 0 Å². The number of carbonyl (C=O) groups excluding carboxylic acids is 1. The van der Waals surface area contributed by atoms with Crippen LogP contribution in [0.2, 0.25) is 5.02 Å². The zero-order valence-corrected chi connectivity index (χ0v) is 11.9. The van der Waals surface area contributed by atoms with Crippen molar-refractivity contribution in [3.63, 3.8) is 0 Å². The molecule has 2 rings (SSSR count). The molecule has 0 amide bonds. The van der Waals surface area contributed by atoms with Crippen molar-refractivity contribution in [1.82, 2.24) is 10.2 Å². The van der Waals surface area contributed by atoms with Gasteiger partial charge in [0.25, 0.3) is 0 Å². The van der Waals surface area contributed by atoms with Crippen molar-refractivity contribution in [2.75, 3.05) is 6.26 Å². The Morgan fingerprint density at radius 1 is 1.35 bits per heavy atom. The minimum Gasteiger partial charge on any atom is -0.298 e. The molecule has 0 unspecified atom stereocenters. The summed E-state index contributed by atoms with van der Waals surface area (Å²) in [7, 11) is 0. The molecule has 0 N–H and O–H groups in total.